The van der Waals surface area contributed by atoms with Crippen LogP contribution in [-0.2, 0) is 10.2 Å². The Morgan fingerprint density at radius 1 is 1.00 bits per heavy atom. The number of nitriles is 2. The second-order valence-corrected chi connectivity index (χ2v) is 9.31. The molecule has 3 atom stereocenters. The maximum atomic E-state index is 12.1. The van der Waals surface area contributed by atoms with Gasteiger partial charge in [0.15, 0.2) is 0 Å². The van der Waals surface area contributed by atoms with Crippen LogP contribution in [0.1, 0.15) is 48.8 Å². The minimum atomic E-state index is -0.684. The van der Waals surface area contributed by atoms with Crippen LogP contribution in [0, 0.1) is 46.5 Å². The molecule has 1 saturated carbocycles. The quantitative estimate of drug-likeness (QED) is 0.667. The summed E-state index contributed by atoms with van der Waals surface area (Å²) in [5.74, 6) is 3.38. The molecule has 0 aromatic heterocycles. The van der Waals surface area contributed by atoms with Gasteiger partial charge in [0.25, 0.3) is 0 Å². The monoisotopic (exact) mass is 466 g/mol. The summed E-state index contributed by atoms with van der Waals surface area (Å²) in [7, 11) is 1.38. The van der Waals surface area contributed by atoms with E-state index in [1.54, 1.807) is 12.1 Å². The zero-order valence-corrected chi connectivity index (χ0v) is 20.0. The topological polar surface area (TPSA) is 89.2 Å². The van der Waals surface area contributed by atoms with Gasteiger partial charge in [-0.25, -0.2) is 4.79 Å². The summed E-state index contributed by atoms with van der Waals surface area (Å²) in [5.41, 5.74) is 1.85. The lowest BCUT2D eigenvalue weighted by molar-refractivity contribution is 0.126. The van der Waals surface area contributed by atoms with Crippen LogP contribution in [0.15, 0.2) is 54.6 Å². The number of amides is 1. The molecule has 0 spiro atoms. The van der Waals surface area contributed by atoms with Gasteiger partial charge in [-0.15, -0.1) is 0 Å². The number of likely N-dealkylation sites (tertiary alicyclic amines) is 1. The third kappa shape index (κ3) is 5.11. The van der Waals surface area contributed by atoms with Gasteiger partial charge in [-0.1, -0.05) is 36.8 Å². The average molecular weight is 467 g/mol. The lowest BCUT2D eigenvalue weighted by Gasteiger charge is -2.45. The molecule has 35 heavy (non-hydrogen) atoms. The molecule has 178 valence electrons. The minimum Gasteiger partial charge on any atom is -0.453 e. The molecule has 4 rings (SSSR count). The molecule has 1 N–H and O–H groups in total. The van der Waals surface area contributed by atoms with E-state index in [4.69, 9.17) is 10.00 Å². The van der Waals surface area contributed by atoms with E-state index in [9.17, 15) is 10.1 Å². The molecule has 1 unspecified atom stereocenters. The Morgan fingerprint density at radius 2 is 1.69 bits per heavy atom. The smallest absolute Gasteiger partial charge is 0.407 e. The van der Waals surface area contributed by atoms with E-state index >= 15 is 0 Å². The largest absolute Gasteiger partial charge is 0.453 e. The summed E-state index contributed by atoms with van der Waals surface area (Å²) < 4.78 is 4.88. The lowest BCUT2D eigenvalue weighted by atomic mass is 9.59. The lowest BCUT2D eigenvalue weighted by Crippen LogP contribution is -2.52. The van der Waals surface area contributed by atoms with E-state index in [1.165, 1.54) is 7.11 Å². The Kier molecular flexibility index (Phi) is 7.59. The molecule has 6 nitrogen and oxygen atoms in total. The average Bonchev–Trinajstić information content (AvgIpc) is 3.38. The number of carbonyl (C=O) groups excluding carboxylic acids is 1. The van der Waals surface area contributed by atoms with Crippen LogP contribution in [-0.4, -0.2) is 37.2 Å². The van der Waals surface area contributed by atoms with Gasteiger partial charge in [-0.2, -0.15) is 10.5 Å². The highest BCUT2D eigenvalue weighted by Gasteiger charge is 2.52. The highest BCUT2D eigenvalue weighted by molar-refractivity contribution is 5.67. The summed E-state index contributed by atoms with van der Waals surface area (Å²) in [6.45, 7) is 1.57. The number of nitrogens with one attached hydrogen (secondary N) is 1. The van der Waals surface area contributed by atoms with Gasteiger partial charge in [-0.3, -0.25) is 0 Å². The first-order valence-corrected chi connectivity index (χ1v) is 12.2. The maximum absolute atomic E-state index is 12.1. The third-order valence-corrected chi connectivity index (χ3v) is 7.54. The first kappa shape index (κ1) is 24.2. The number of carbonyl (C=O) groups is 1. The SMILES string of the molecule is COC(=O)N[C@H]1CCC[C@@H]1C(C#N)(c1ccccc1)C1CCN(C#Cc2ccc(C#N)cc2)CC1. The second kappa shape index (κ2) is 11.0. The fourth-order valence-electron chi connectivity index (χ4n) is 5.81. The van der Waals surface area contributed by atoms with E-state index in [0.29, 0.717) is 5.56 Å². The van der Waals surface area contributed by atoms with Gasteiger partial charge in [0.1, 0.15) is 0 Å². The molecule has 0 radical (unpaired) electrons. The van der Waals surface area contributed by atoms with Gasteiger partial charge in [0.05, 0.1) is 30.2 Å². The van der Waals surface area contributed by atoms with Gasteiger partial charge in [0, 0.05) is 36.7 Å². The van der Waals surface area contributed by atoms with Crippen molar-refractivity contribution in [3.05, 3.63) is 71.3 Å². The predicted octanol–water partition coefficient (Wildman–Crippen LogP) is 4.57. The third-order valence-electron chi connectivity index (χ3n) is 7.54. The molecule has 1 aliphatic carbocycles. The molecule has 2 aromatic rings. The standard InChI is InChI=1S/C29H30N4O2/c1-35-28(34)32-27-9-5-8-26(27)29(21-31,24-6-3-2-4-7-24)25-15-18-33(19-16-25)17-14-22-10-12-23(20-30)13-11-22/h2-4,6-7,10-13,25-27H,5,8-9,15-16,18-19H2,1H3,(H,32,34)/t26-,27-,29?/m0/s1. The Labute approximate surface area is 207 Å². The van der Waals surface area contributed by atoms with Crippen LogP contribution < -0.4 is 5.32 Å². The summed E-state index contributed by atoms with van der Waals surface area (Å²) >= 11 is 0. The molecule has 2 fully saturated rings. The minimum absolute atomic E-state index is 0.0234. The van der Waals surface area contributed by atoms with E-state index in [0.717, 1.165) is 56.3 Å². The highest BCUT2D eigenvalue weighted by atomic mass is 16.5. The van der Waals surface area contributed by atoms with Crippen molar-refractivity contribution < 1.29 is 9.53 Å². The van der Waals surface area contributed by atoms with Gasteiger partial charge in [0.2, 0.25) is 0 Å². The number of rotatable bonds is 4. The van der Waals surface area contributed by atoms with Gasteiger partial charge < -0.3 is 15.0 Å². The summed E-state index contributed by atoms with van der Waals surface area (Å²) in [5, 5.41) is 22.7. The van der Waals surface area contributed by atoms with Crippen molar-refractivity contribution in [2.24, 2.45) is 11.8 Å². The summed E-state index contributed by atoms with van der Waals surface area (Å²) in [6, 6.07) is 25.5. The highest BCUT2D eigenvalue weighted by Crippen LogP contribution is 2.50. The van der Waals surface area contributed by atoms with E-state index in [-0.39, 0.29) is 17.9 Å². The fraction of sp³-hybridized carbons (Fsp3) is 0.414. The number of hydrogen-bond acceptors (Lipinski definition) is 5. The van der Waals surface area contributed by atoms with Crippen molar-refractivity contribution >= 4 is 6.09 Å². The fourth-order valence-corrected chi connectivity index (χ4v) is 5.81. The number of nitrogens with zero attached hydrogens (tertiary/aromatic N) is 3. The molecule has 1 aliphatic heterocycles. The number of ether oxygens (including phenoxy) is 1. The van der Waals surface area contributed by atoms with Crippen molar-refractivity contribution in [2.75, 3.05) is 20.2 Å². The van der Waals surface area contributed by atoms with Crippen LogP contribution in [0.5, 0.6) is 0 Å². The molecule has 1 amide bonds. The molecule has 0 bridgehead atoms. The number of piperidine rings is 1. The first-order chi connectivity index (χ1) is 17.1. The molecule has 2 aromatic carbocycles. The maximum Gasteiger partial charge on any atom is 0.407 e. The Bertz CT molecular complexity index is 1160. The second-order valence-electron chi connectivity index (χ2n) is 9.31. The van der Waals surface area contributed by atoms with Crippen LogP contribution in [0.2, 0.25) is 0 Å². The molecular formula is C29H30N4O2. The van der Waals surface area contributed by atoms with Gasteiger partial charge >= 0.3 is 6.09 Å². The van der Waals surface area contributed by atoms with Crippen molar-refractivity contribution in [1.29, 1.82) is 10.5 Å². The van der Waals surface area contributed by atoms with Crippen molar-refractivity contribution in [3.8, 4) is 24.1 Å². The molecule has 1 heterocycles. The van der Waals surface area contributed by atoms with Crippen molar-refractivity contribution in [3.63, 3.8) is 0 Å². The molecule has 6 heteroatoms. The van der Waals surface area contributed by atoms with Crippen LogP contribution >= 0.6 is 0 Å². The van der Waals surface area contributed by atoms with Crippen LogP contribution in [0.25, 0.3) is 0 Å². The zero-order chi connectivity index (χ0) is 24.7. The van der Waals surface area contributed by atoms with E-state index < -0.39 is 11.5 Å². The number of methoxy groups -OCH3 is 1. The number of benzene rings is 2. The molecule has 1 saturated heterocycles. The van der Waals surface area contributed by atoms with Crippen LogP contribution in [0.3, 0.4) is 0 Å². The van der Waals surface area contributed by atoms with Crippen molar-refractivity contribution in [2.45, 2.75) is 43.6 Å². The van der Waals surface area contributed by atoms with Crippen molar-refractivity contribution in [1.82, 2.24) is 10.2 Å². The number of alkyl carbamates (subject to hydrolysis) is 1. The van der Waals surface area contributed by atoms with Crippen LogP contribution in [0.4, 0.5) is 4.79 Å². The Balaban J connectivity index is 1.56. The number of hydrogen-bond donors (Lipinski definition) is 1. The zero-order valence-electron chi connectivity index (χ0n) is 20.0. The summed E-state index contributed by atoms with van der Waals surface area (Å²) in [4.78, 5) is 14.2. The Morgan fingerprint density at radius 3 is 2.31 bits per heavy atom. The van der Waals surface area contributed by atoms with Gasteiger partial charge in [-0.05, 0) is 67.4 Å². The summed E-state index contributed by atoms with van der Waals surface area (Å²) in [6.07, 6.45) is 4.00. The Hall–Kier alpha value is -3.95. The van der Waals surface area contributed by atoms with E-state index in [1.807, 2.05) is 30.3 Å². The molecular weight excluding hydrogens is 436 g/mol. The first-order valence-electron chi connectivity index (χ1n) is 12.2. The molecule has 2 aliphatic rings. The predicted molar refractivity (Wildman–Crippen MR) is 133 cm³/mol. The normalized spacial score (nSPS) is 21.5. The van der Waals surface area contributed by atoms with E-state index in [2.05, 4.69) is 46.5 Å².